The first-order valence-corrected chi connectivity index (χ1v) is 10.3. The molecule has 0 bridgehead atoms. The fourth-order valence-corrected chi connectivity index (χ4v) is 3.96. The average molecular weight is 345 g/mol. The Bertz CT molecular complexity index is 497. The maximum absolute atomic E-state index is 11.7. The molecular weight excluding hydrogens is 308 g/mol. The normalized spacial score (nSPS) is 21.7. The summed E-state index contributed by atoms with van der Waals surface area (Å²) < 4.78 is 5.02. The molecule has 0 saturated heterocycles. The van der Waals surface area contributed by atoms with Gasteiger partial charge in [0.25, 0.3) is 0 Å². The number of aryl methyl sites for hydroxylation is 1. The maximum Gasteiger partial charge on any atom is 0.338 e. The Hall–Kier alpha value is -1.31. The van der Waals surface area contributed by atoms with Crippen molar-refractivity contribution in [3.63, 3.8) is 0 Å². The maximum atomic E-state index is 11.7. The molecule has 1 aromatic rings. The Balaban J connectivity index is 1.62. The van der Waals surface area contributed by atoms with Gasteiger partial charge in [-0.05, 0) is 55.2 Å². The molecule has 2 heteroatoms. The number of esters is 1. The molecular formula is C23H36O2. The number of benzene rings is 1. The van der Waals surface area contributed by atoms with E-state index in [2.05, 4.69) is 26.0 Å². The van der Waals surface area contributed by atoms with E-state index in [9.17, 15) is 4.79 Å². The summed E-state index contributed by atoms with van der Waals surface area (Å²) in [6, 6.07) is 7.92. The minimum Gasteiger partial charge on any atom is -0.462 e. The summed E-state index contributed by atoms with van der Waals surface area (Å²) in [5.41, 5.74) is 1.97. The molecule has 1 aromatic carbocycles. The molecule has 1 aliphatic rings. The third kappa shape index (κ3) is 7.22. The van der Waals surface area contributed by atoms with E-state index in [-0.39, 0.29) is 5.97 Å². The lowest BCUT2D eigenvalue weighted by Crippen LogP contribution is -2.13. The van der Waals surface area contributed by atoms with Gasteiger partial charge in [-0.15, -0.1) is 0 Å². The van der Waals surface area contributed by atoms with E-state index < -0.39 is 0 Å². The van der Waals surface area contributed by atoms with Crippen LogP contribution in [0.3, 0.4) is 0 Å². The first kappa shape index (κ1) is 20.0. The number of rotatable bonds is 9. The standard InChI is InChI=1S/C23H36O2/c1-4-25-23(24)22-16-14-20(15-17-22)7-5-6-18(2)8-11-21-12-9-19(3)10-13-21/h14-19,21H,4-13H2,1-3H3. The summed E-state index contributed by atoms with van der Waals surface area (Å²) in [6.07, 6.45) is 12.3. The quantitative estimate of drug-likeness (QED) is 0.483. The number of hydrogen-bond donors (Lipinski definition) is 0. The smallest absolute Gasteiger partial charge is 0.338 e. The number of carbonyl (C=O) groups excluding carboxylic acids is 1. The molecule has 140 valence electrons. The van der Waals surface area contributed by atoms with Crippen molar-refractivity contribution in [2.75, 3.05) is 6.61 Å². The summed E-state index contributed by atoms with van der Waals surface area (Å²) in [6.45, 7) is 7.08. The van der Waals surface area contributed by atoms with E-state index in [1.54, 1.807) is 0 Å². The van der Waals surface area contributed by atoms with Gasteiger partial charge in [0, 0.05) is 0 Å². The molecule has 1 aliphatic carbocycles. The Morgan fingerprint density at radius 3 is 2.44 bits per heavy atom. The second-order valence-electron chi connectivity index (χ2n) is 8.12. The van der Waals surface area contributed by atoms with E-state index >= 15 is 0 Å². The Morgan fingerprint density at radius 1 is 1.12 bits per heavy atom. The zero-order valence-electron chi connectivity index (χ0n) is 16.4. The van der Waals surface area contributed by atoms with Gasteiger partial charge < -0.3 is 4.74 Å². The second-order valence-corrected chi connectivity index (χ2v) is 8.12. The zero-order valence-corrected chi connectivity index (χ0v) is 16.4. The van der Waals surface area contributed by atoms with Gasteiger partial charge >= 0.3 is 5.97 Å². The third-order valence-electron chi connectivity index (χ3n) is 5.83. The minimum absolute atomic E-state index is 0.222. The van der Waals surface area contributed by atoms with Crippen LogP contribution < -0.4 is 0 Å². The lowest BCUT2D eigenvalue weighted by atomic mass is 9.79. The predicted octanol–water partition coefficient (Wildman–Crippen LogP) is 6.43. The highest BCUT2D eigenvalue weighted by atomic mass is 16.5. The van der Waals surface area contributed by atoms with Crippen molar-refractivity contribution in [1.82, 2.24) is 0 Å². The molecule has 1 fully saturated rings. The molecule has 1 unspecified atom stereocenters. The summed E-state index contributed by atoms with van der Waals surface area (Å²) in [5, 5.41) is 0. The first-order valence-electron chi connectivity index (χ1n) is 10.3. The highest BCUT2D eigenvalue weighted by Crippen LogP contribution is 2.32. The van der Waals surface area contributed by atoms with Crippen LogP contribution in [0.4, 0.5) is 0 Å². The van der Waals surface area contributed by atoms with Gasteiger partial charge in [-0.3, -0.25) is 0 Å². The molecule has 0 amide bonds. The molecule has 0 aliphatic heterocycles. The lowest BCUT2D eigenvalue weighted by Gasteiger charge is -2.27. The minimum atomic E-state index is -0.222. The molecule has 0 spiro atoms. The Kier molecular flexibility index (Phi) is 8.51. The molecule has 1 saturated carbocycles. The third-order valence-corrected chi connectivity index (χ3v) is 5.83. The molecule has 0 aromatic heterocycles. The largest absolute Gasteiger partial charge is 0.462 e. The second kappa shape index (κ2) is 10.6. The summed E-state index contributed by atoms with van der Waals surface area (Å²) >= 11 is 0. The molecule has 0 radical (unpaired) electrons. The van der Waals surface area contributed by atoms with Crippen LogP contribution in [0, 0.1) is 17.8 Å². The van der Waals surface area contributed by atoms with Gasteiger partial charge in [-0.1, -0.05) is 70.9 Å². The molecule has 2 nitrogen and oxygen atoms in total. The van der Waals surface area contributed by atoms with Crippen molar-refractivity contribution in [2.45, 2.75) is 78.6 Å². The van der Waals surface area contributed by atoms with Crippen LogP contribution in [0.25, 0.3) is 0 Å². The summed E-state index contributed by atoms with van der Waals surface area (Å²) in [4.78, 5) is 11.7. The van der Waals surface area contributed by atoms with Crippen LogP contribution in [0.2, 0.25) is 0 Å². The molecule has 25 heavy (non-hydrogen) atoms. The van der Waals surface area contributed by atoms with Crippen molar-refractivity contribution >= 4 is 5.97 Å². The van der Waals surface area contributed by atoms with Crippen LogP contribution in [-0.4, -0.2) is 12.6 Å². The fraction of sp³-hybridized carbons (Fsp3) is 0.696. The van der Waals surface area contributed by atoms with Gasteiger partial charge in [-0.2, -0.15) is 0 Å². The fourth-order valence-electron chi connectivity index (χ4n) is 3.96. The first-order chi connectivity index (χ1) is 12.1. The molecule has 2 rings (SSSR count). The van der Waals surface area contributed by atoms with Gasteiger partial charge in [0.05, 0.1) is 12.2 Å². The number of hydrogen-bond acceptors (Lipinski definition) is 2. The van der Waals surface area contributed by atoms with Crippen molar-refractivity contribution in [1.29, 1.82) is 0 Å². The topological polar surface area (TPSA) is 26.3 Å². The van der Waals surface area contributed by atoms with Gasteiger partial charge in [0.1, 0.15) is 0 Å². The number of ether oxygens (including phenoxy) is 1. The Labute approximate surface area is 154 Å². The van der Waals surface area contributed by atoms with Crippen LogP contribution in [-0.2, 0) is 11.2 Å². The summed E-state index contributed by atoms with van der Waals surface area (Å²) in [5.74, 6) is 2.57. The monoisotopic (exact) mass is 344 g/mol. The van der Waals surface area contributed by atoms with E-state index in [4.69, 9.17) is 4.74 Å². The van der Waals surface area contributed by atoms with Crippen molar-refractivity contribution in [3.05, 3.63) is 35.4 Å². The molecule has 0 N–H and O–H groups in total. The van der Waals surface area contributed by atoms with Gasteiger partial charge in [-0.25, -0.2) is 4.79 Å². The van der Waals surface area contributed by atoms with Gasteiger partial charge in [0.2, 0.25) is 0 Å². The van der Waals surface area contributed by atoms with Crippen LogP contribution in [0.5, 0.6) is 0 Å². The van der Waals surface area contributed by atoms with Crippen LogP contribution in [0.1, 0.15) is 88.1 Å². The zero-order chi connectivity index (χ0) is 18.1. The highest BCUT2D eigenvalue weighted by Gasteiger charge is 2.18. The van der Waals surface area contributed by atoms with Crippen LogP contribution >= 0.6 is 0 Å². The van der Waals surface area contributed by atoms with Gasteiger partial charge in [0.15, 0.2) is 0 Å². The van der Waals surface area contributed by atoms with Crippen molar-refractivity contribution in [2.24, 2.45) is 17.8 Å². The van der Waals surface area contributed by atoms with Crippen molar-refractivity contribution in [3.8, 4) is 0 Å². The average Bonchev–Trinajstić information content (AvgIpc) is 2.62. The SMILES string of the molecule is CCOC(=O)c1ccc(CCCC(C)CCC2CCC(C)CC2)cc1. The number of carbonyl (C=O) groups is 1. The molecule has 0 heterocycles. The Morgan fingerprint density at radius 2 is 1.80 bits per heavy atom. The van der Waals surface area contributed by atoms with Crippen molar-refractivity contribution < 1.29 is 9.53 Å². The predicted molar refractivity (Wildman–Crippen MR) is 105 cm³/mol. The molecule has 1 atom stereocenters. The van der Waals surface area contributed by atoms with Crippen LogP contribution in [0.15, 0.2) is 24.3 Å². The van der Waals surface area contributed by atoms with E-state index in [0.717, 1.165) is 24.2 Å². The van der Waals surface area contributed by atoms with E-state index in [1.807, 2.05) is 19.1 Å². The highest BCUT2D eigenvalue weighted by molar-refractivity contribution is 5.89. The van der Waals surface area contributed by atoms with E-state index in [1.165, 1.54) is 56.9 Å². The van der Waals surface area contributed by atoms with E-state index in [0.29, 0.717) is 12.2 Å². The lowest BCUT2D eigenvalue weighted by molar-refractivity contribution is 0.0526. The summed E-state index contributed by atoms with van der Waals surface area (Å²) in [7, 11) is 0.